The summed E-state index contributed by atoms with van der Waals surface area (Å²) in [6.07, 6.45) is 0.649. The molecule has 0 aliphatic heterocycles. The number of hydrogen-bond donors (Lipinski definition) is 1. The maximum absolute atomic E-state index is 12.5. The number of carbonyl (C=O) groups is 2. The molecule has 132 valence electrons. The Morgan fingerprint density at radius 3 is 2.24 bits per heavy atom. The predicted molar refractivity (Wildman–Crippen MR) is 100 cm³/mol. The molecule has 0 aromatic heterocycles. The fourth-order valence-corrected chi connectivity index (χ4v) is 2.57. The summed E-state index contributed by atoms with van der Waals surface area (Å²) < 4.78 is 0. The van der Waals surface area contributed by atoms with Gasteiger partial charge in [0.2, 0.25) is 0 Å². The molecule has 2 aromatic carbocycles. The zero-order valence-corrected chi connectivity index (χ0v) is 15.3. The summed E-state index contributed by atoms with van der Waals surface area (Å²) in [7, 11) is 0. The first-order valence-electron chi connectivity index (χ1n) is 8.34. The Hall–Kier alpha value is -2.33. The van der Waals surface area contributed by atoms with E-state index in [0.29, 0.717) is 24.5 Å². The molecule has 0 saturated carbocycles. The van der Waals surface area contributed by atoms with Crippen molar-refractivity contribution in [3.05, 3.63) is 70.7 Å². The van der Waals surface area contributed by atoms with Crippen LogP contribution < -0.4 is 5.32 Å². The van der Waals surface area contributed by atoms with Gasteiger partial charge in [0.05, 0.1) is 0 Å². The van der Waals surface area contributed by atoms with Gasteiger partial charge in [-0.1, -0.05) is 54.1 Å². The predicted octanol–water partition coefficient (Wildman–Crippen LogP) is 3.44. The molecule has 2 amide bonds. The van der Waals surface area contributed by atoms with Crippen LogP contribution in [0.5, 0.6) is 0 Å². The standard InChI is InChI=1S/C20H23ClN2O2/c1-15(2)23(14-17-6-4-3-5-7-17)20(25)19(24)22-13-12-16-8-10-18(21)11-9-16/h3-11,15H,12-14H2,1-2H3,(H,22,24). The summed E-state index contributed by atoms with van der Waals surface area (Å²) in [5, 5.41) is 3.38. The van der Waals surface area contributed by atoms with E-state index in [1.807, 2.05) is 68.4 Å². The quantitative estimate of drug-likeness (QED) is 0.804. The molecule has 5 heteroatoms. The molecule has 0 heterocycles. The average molecular weight is 359 g/mol. The van der Waals surface area contributed by atoms with Crippen LogP contribution in [0.4, 0.5) is 0 Å². The summed E-state index contributed by atoms with van der Waals surface area (Å²) >= 11 is 5.85. The second-order valence-corrected chi connectivity index (χ2v) is 6.58. The summed E-state index contributed by atoms with van der Waals surface area (Å²) in [4.78, 5) is 26.2. The monoisotopic (exact) mass is 358 g/mol. The van der Waals surface area contributed by atoms with Crippen molar-refractivity contribution < 1.29 is 9.59 Å². The third-order valence-corrected chi connectivity index (χ3v) is 4.14. The minimum Gasteiger partial charge on any atom is -0.347 e. The van der Waals surface area contributed by atoms with Gasteiger partial charge in [0, 0.05) is 24.2 Å². The van der Waals surface area contributed by atoms with E-state index in [0.717, 1.165) is 11.1 Å². The second-order valence-electron chi connectivity index (χ2n) is 6.14. The Bertz CT molecular complexity index is 699. The first-order chi connectivity index (χ1) is 12.0. The number of amides is 2. The van der Waals surface area contributed by atoms with E-state index < -0.39 is 11.8 Å². The molecule has 0 radical (unpaired) electrons. The molecule has 1 N–H and O–H groups in total. The van der Waals surface area contributed by atoms with Gasteiger partial charge in [0.25, 0.3) is 0 Å². The number of carbonyl (C=O) groups excluding carboxylic acids is 2. The second kappa shape index (κ2) is 9.23. The maximum atomic E-state index is 12.5. The lowest BCUT2D eigenvalue weighted by molar-refractivity contribution is -0.147. The third-order valence-electron chi connectivity index (χ3n) is 3.89. The fraction of sp³-hybridized carbons (Fsp3) is 0.300. The largest absolute Gasteiger partial charge is 0.347 e. The average Bonchev–Trinajstić information content (AvgIpc) is 2.61. The Morgan fingerprint density at radius 1 is 1.00 bits per heavy atom. The molecule has 0 saturated heterocycles. The van der Waals surface area contributed by atoms with Gasteiger partial charge in [0.1, 0.15) is 0 Å². The first-order valence-corrected chi connectivity index (χ1v) is 8.72. The lowest BCUT2D eigenvalue weighted by Crippen LogP contribution is -2.46. The van der Waals surface area contributed by atoms with Gasteiger partial charge in [-0.3, -0.25) is 9.59 Å². The number of rotatable bonds is 6. The van der Waals surface area contributed by atoms with E-state index in [-0.39, 0.29) is 6.04 Å². The van der Waals surface area contributed by atoms with Crippen LogP contribution in [-0.2, 0) is 22.6 Å². The normalized spacial score (nSPS) is 10.6. The molecule has 4 nitrogen and oxygen atoms in total. The van der Waals surface area contributed by atoms with Crippen LogP contribution in [0.15, 0.2) is 54.6 Å². The molecule has 25 heavy (non-hydrogen) atoms. The molecule has 0 atom stereocenters. The van der Waals surface area contributed by atoms with E-state index in [2.05, 4.69) is 5.32 Å². The molecule has 0 bridgehead atoms. The summed E-state index contributed by atoms with van der Waals surface area (Å²) in [6, 6.07) is 17.0. The summed E-state index contributed by atoms with van der Waals surface area (Å²) in [5.74, 6) is -1.08. The minimum atomic E-state index is -0.571. The lowest BCUT2D eigenvalue weighted by Gasteiger charge is -2.26. The zero-order valence-electron chi connectivity index (χ0n) is 14.5. The zero-order chi connectivity index (χ0) is 18.2. The maximum Gasteiger partial charge on any atom is 0.312 e. The molecule has 0 aliphatic carbocycles. The molecule has 0 fully saturated rings. The molecule has 2 aromatic rings. The van der Waals surface area contributed by atoms with Crippen molar-refractivity contribution in [3.8, 4) is 0 Å². The van der Waals surface area contributed by atoms with Crippen LogP contribution >= 0.6 is 11.6 Å². The Morgan fingerprint density at radius 2 is 1.64 bits per heavy atom. The van der Waals surface area contributed by atoms with E-state index in [9.17, 15) is 9.59 Å². The van der Waals surface area contributed by atoms with Crippen molar-refractivity contribution >= 4 is 23.4 Å². The van der Waals surface area contributed by atoms with Crippen molar-refractivity contribution in [3.63, 3.8) is 0 Å². The highest BCUT2D eigenvalue weighted by molar-refractivity contribution is 6.35. The van der Waals surface area contributed by atoms with Crippen molar-refractivity contribution in [1.29, 1.82) is 0 Å². The summed E-state index contributed by atoms with van der Waals surface area (Å²) in [5.41, 5.74) is 2.06. The van der Waals surface area contributed by atoms with Gasteiger partial charge in [-0.2, -0.15) is 0 Å². The van der Waals surface area contributed by atoms with E-state index >= 15 is 0 Å². The highest BCUT2D eigenvalue weighted by atomic mass is 35.5. The molecular weight excluding hydrogens is 336 g/mol. The van der Waals surface area contributed by atoms with Crippen molar-refractivity contribution in [2.45, 2.75) is 32.9 Å². The van der Waals surface area contributed by atoms with Gasteiger partial charge < -0.3 is 10.2 Å². The van der Waals surface area contributed by atoms with Crippen LogP contribution in [0.25, 0.3) is 0 Å². The summed E-state index contributed by atoms with van der Waals surface area (Å²) in [6.45, 7) is 4.63. The van der Waals surface area contributed by atoms with Crippen molar-refractivity contribution in [2.75, 3.05) is 6.54 Å². The highest BCUT2D eigenvalue weighted by Gasteiger charge is 2.23. The van der Waals surface area contributed by atoms with Crippen LogP contribution in [0.2, 0.25) is 5.02 Å². The van der Waals surface area contributed by atoms with Crippen molar-refractivity contribution in [2.24, 2.45) is 0 Å². The van der Waals surface area contributed by atoms with Gasteiger partial charge in [-0.15, -0.1) is 0 Å². The first kappa shape index (κ1) is 19.0. The van der Waals surface area contributed by atoms with E-state index in [1.54, 1.807) is 4.90 Å². The van der Waals surface area contributed by atoms with E-state index in [1.165, 1.54) is 0 Å². The van der Waals surface area contributed by atoms with E-state index in [4.69, 9.17) is 11.6 Å². The smallest absolute Gasteiger partial charge is 0.312 e. The Kier molecular flexibility index (Phi) is 7.02. The van der Waals surface area contributed by atoms with Gasteiger partial charge in [0.15, 0.2) is 0 Å². The molecule has 2 rings (SSSR count). The Balaban J connectivity index is 1.89. The topological polar surface area (TPSA) is 49.4 Å². The SMILES string of the molecule is CC(C)N(Cc1ccccc1)C(=O)C(=O)NCCc1ccc(Cl)cc1. The number of nitrogens with zero attached hydrogens (tertiary/aromatic N) is 1. The molecule has 0 aliphatic rings. The van der Waals surface area contributed by atoms with Gasteiger partial charge in [-0.05, 0) is 43.5 Å². The number of nitrogens with one attached hydrogen (secondary N) is 1. The fourth-order valence-electron chi connectivity index (χ4n) is 2.45. The van der Waals surface area contributed by atoms with Crippen LogP contribution in [-0.4, -0.2) is 29.3 Å². The Labute approximate surface area is 153 Å². The molecular formula is C20H23ClN2O2. The van der Waals surface area contributed by atoms with Crippen LogP contribution in [0, 0.1) is 0 Å². The molecule has 0 unspecified atom stereocenters. The number of halogens is 1. The van der Waals surface area contributed by atoms with Gasteiger partial charge >= 0.3 is 11.8 Å². The van der Waals surface area contributed by atoms with Crippen molar-refractivity contribution in [1.82, 2.24) is 10.2 Å². The number of hydrogen-bond acceptors (Lipinski definition) is 2. The van der Waals surface area contributed by atoms with Crippen LogP contribution in [0.3, 0.4) is 0 Å². The number of benzene rings is 2. The van der Waals surface area contributed by atoms with Gasteiger partial charge in [-0.25, -0.2) is 0 Å². The third kappa shape index (κ3) is 5.91. The van der Waals surface area contributed by atoms with Crippen LogP contribution in [0.1, 0.15) is 25.0 Å². The lowest BCUT2D eigenvalue weighted by atomic mass is 10.1. The minimum absolute atomic E-state index is 0.0604. The molecule has 0 spiro atoms. The highest BCUT2D eigenvalue weighted by Crippen LogP contribution is 2.10.